The van der Waals surface area contributed by atoms with Crippen LogP contribution in [0.25, 0.3) is 0 Å². The number of fused-ring (bicyclic) bond motifs is 1. The van der Waals surface area contributed by atoms with Gasteiger partial charge in [0.15, 0.2) is 11.6 Å². The normalized spacial score (nSPS) is 16.0. The van der Waals surface area contributed by atoms with E-state index in [0.717, 1.165) is 5.56 Å². The Morgan fingerprint density at radius 3 is 2.93 bits per heavy atom. The molecule has 3 heterocycles. The first kappa shape index (κ1) is 19.3. The minimum Gasteiger partial charge on any atom is -0.487 e. The zero-order valence-electron chi connectivity index (χ0n) is 15.4. The number of carbonyl (C=O) groups is 1. The fraction of sp³-hybridized carbons (Fsp3) is 0.211. The molecule has 4 rings (SSSR count). The van der Waals surface area contributed by atoms with E-state index in [0.29, 0.717) is 28.1 Å². The highest BCUT2D eigenvalue weighted by atomic mass is 35.5. The lowest BCUT2D eigenvalue weighted by Gasteiger charge is -2.22. The van der Waals surface area contributed by atoms with Gasteiger partial charge in [0.25, 0.3) is 5.91 Å². The van der Waals surface area contributed by atoms with Gasteiger partial charge < -0.3 is 15.0 Å². The molecule has 0 saturated heterocycles. The molecule has 2 aromatic heterocycles. The van der Waals surface area contributed by atoms with Crippen LogP contribution in [-0.4, -0.2) is 50.3 Å². The van der Waals surface area contributed by atoms with Crippen molar-refractivity contribution in [3.8, 4) is 5.75 Å². The topological polar surface area (TPSA) is 85.2 Å². The van der Waals surface area contributed by atoms with Crippen LogP contribution in [0.3, 0.4) is 0 Å². The van der Waals surface area contributed by atoms with Crippen LogP contribution in [0, 0.1) is 0 Å². The number of benzene rings is 1. The van der Waals surface area contributed by atoms with E-state index < -0.39 is 11.9 Å². The second-order valence-electron chi connectivity index (χ2n) is 6.46. The summed E-state index contributed by atoms with van der Waals surface area (Å²) in [6.45, 7) is 0.672. The third-order valence-electron chi connectivity index (χ3n) is 4.38. The van der Waals surface area contributed by atoms with Crippen LogP contribution in [0.2, 0.25) is 5.02 Å². The van der Waals surface area contributed by atoms with Gasteiger partial charge in [-0.1, -0.05) is 54.2 Å². The standard InChI is InChI=1S/C19H17ClN6O2S/c1-25-17-15(7-13(20)8-21-17)28-10-14(19(25)29)23-18(27)16-22-11-26(24-16)9-12-5-3-2-4-6-12/h2-8,11,14H,9-10H2,1H3,(H,23,27)/t14-/m0/s1. The van der Waals surface area contributed by atoms with Crippen molar-refractivity contribution in [3.05, 3.63) is 65.3 Å². The van der Waals surface area contributed by atoms with Gasteiger partial charge in [-0.25, -0.2) is 14.6 Å². The molecule has 0 spiro atoms. The van der Waals surface area contributed by atoms with E-state index in [4.69, 9.17) is 28.6 Å². The molecular weight excluding hydrogens is 412 g/mol. The number of carbonyl (C=O) groups excluding carboxylic acids is 1. The van der Waals surface area contributed by atoms with Crippen molar-refractivity contribution in [1.82, 2.24) is 25.1 Å². The van der Waals surface area contributed by atoms with Gasteiger partial charge in [-0.15, -0.1) is 5.10 Å². The van der Waals surface area contributed by atoms with Gasteiger partial charge in [-0.2, -0.15) is 0 Å². The summed E-state index contributed by atoms with van der Waals surface area (Å²) < 4.78 is 7.38. The monoisotopic (exact) mass is 428 g/mol. The maximum absolute atomic E-state index is 12.7. The fourth-order valence-electron chi connectivity index (χ4n) is 2.93. The van der Waals surface area contributed by atoms with Gasteiger partial charge in [0, 0.05) is 19.3 Å². The summed E-state index contributed by atoms with van der Waals surface area (Å²) in [4.78, 5) is 23.2. The number of likely N-dealkylation sites (N-methyl/N-ethyl adjacent to an activating group) is 1. The summed E-state index contributed by atoms with van der Waals surface area (Å²) in [5.41, 5.74) is 1.06. The lowest BCUT2D eigenvalue weighted by molar-refractivity contribution is 0.0927. The number of nitrogens with zero attached hydrogens (tertiary/aromatic N) is 5. The largest absolute Gasteiger partial charge is 0.487 e. The van der Waals surface area contributed by atoms with Crippen molar-refractivity contribution in [3.63, 3.8) is 0 Å². The Labute approximate surface area is 177 Å². The number of hydrogen-bond donors (Lipinski definition) is 1. The van der Waals surface area contributed by atoms with E-state index in [-0.39, 0.29) is 12.4 Å². The highest BCUT2D eigenvalue weighted by Crippen LogP contribution is 2.30. The molecular formula is C19H17ClN6O2S. The molecule has 1 aliphatic heterocycles. The number of aromatic nitrogens is 4. The Kier molecular flexibility index (Phi) is 5.41. The Balaban J connectivity index is 1.45. The molecule has 0 aliphatic carbocycles. The van der Waals surface area contributed by atoms with Crippen LogP contribution >= 0.6 is 23.8 Å². The number of hydrogen-bond acceptors (Lipinski definition) is 6. The fourth-order valence-corrected chi connectivity index (χ4v) is 3.29. The van der Waals surface area contributed by atoms with Crippen LogP contribution in [-0.2, 0) is 6.54 Å². The third kappa shape index (κ3) is 4.20. The summed E-state index contributed by atoms with van der Waals surface area (Å²) in [6.07, 6.45) is 3.04. The Hall–Kier alpha value is -3.04. The van der Waals surface area contributed by atoms with Gasteiger partial charge >= 0.3 is 0 Å². The Bertz CT molecular complexity index is 1060. The third-order valence-corrected chi connectivity index (χ3v) is 5.15. The van der Waals surface area contributed by atoms with Crippen molar-refractivity contribution >= 4 is 40.5 Å². The summed E-state index contributed by atoms with van der Waals surface area (Å²) in [6, 6.07) is 10.9. The first-order chi connectivity index (χ1) is 14.0. The average molecular weight is 429 g/mol. The van der Waals surface area contributed by atoms with Crippen LogP contribution in [0.4, 0.5) is 5.82 Å². The molecule has 0 saturated carbocycles. The number of nitrogens with one attached hydrogen (secondary N) is 1. The quantitative estimate of drug-likeness (QED) is 0.638. The highest BCUT2D eigenvalue weighted by molar-refractivity contribution is 7.80. The number of halogens is 1. The maximum atomic E-state index is 12.7. The number of pyridine rings is 1. The Morgan fingerprint density at radius 1 is 1.34 bits per heavy atom. The van der Waals surface area contributed by atoms with Crippen LogP contribution in [0.1, 0.15) is 16.2 Å². The summed E-state index contributed by atoms with van der Waals surface area (Å²) in [5, 5.41) is 7.55. The highest BCUT2D eigenvalue weighted by Gasteiger charge is 2.29. The van der Waals surface area contributed by atoms with Crippen LogP contribution < -0.4 is 15.0 Å². The van der Waals surface area contributed by atoms with E-state index in [1.807, 2.05) is 30.3 Å². The lowest BCUT2D eigenvalue weighted by atomic mass is 10.2. The SMILES string of the molecule is CN1C(=S)[C@@H](NC(=O)c2ncn(Cc3ccccc3)n2)COc2cc(Cl)cnc21. The molecule has 1 amide bonds. The molecule has 0 fully saturated rings. The molecule has 1 aromatic carbocycles. The zero-order chi connectivity index (χ0) is 20.4. The van der Waals surface area contributed by atoms with E-state index in [1.54, 1.807) is 22.7 Å². The number of ether oxygens (including phenoxy) is 1. The predicted octanol–water partition coefficient (Wildman–Crippen LogP) is 2.33. The number of amides is 1. The number of rotatable bonds is 4. The van der Waals surface area contributed by atoms with Crippen molar-refractivity contribution < 1.29 is 9.53 Å². The van der Waals surface area contributed by atoms with E-state index >= 15 is 0 Å². The van der Waals surface area contributed by atoms with Gasteiger partial charge in [-0.05, 0) is 5.56 Å². The zero-order valence-corrected chi connectivity index (χ0v) is 17.0. The van der Waals surface area contributed by atoms with Gasteiger partial charge in [0.05, 0.1) is 11.6 Å². The van der Waals surface area contributed by atoms with Crippen LogP contribution in [0.5, 0.6) is 5.75 Å². The average Bonchev–Trinajstić information content (AvgIpc) is 3.15. The summed E-state index contributed by atoms with van der Waals surface area (Å²) in [5.74, 6) is 0.679. The van der Waals surface area contributed by atoms with Crippen molar-refractivity contribution in [1.29, 1.82) is 0 Å². The predicted molar refractivity (Wildman–Crippen MR) is 113 cm³/mol. The number of anilines is 1. The van der Waals surface area contributed by atoms with Gasteiger partial charge in [0.2, 0.25) is 5.82 Å². The second kappa shape index (κ2) is 8.14. The first-order valence-corrected chi connectivity index (χ1v) is 9.60. The second-order valence-corrected chi connectivity index (χ2v) is 7.32. The molecule has 0 bridgehead atoms. The van der Waals surface area contributed by atoms with Crippen molar-refractivity contribution in [2.75, 3.05) is 18.6 Å². The van der Waals surface area contributed by atoms with Gasteiger partial charge in [-0.3, -0.25) is 4.79 Å². The van der Waals surface area contributed by atoms with E-state index in [9.17, 15) is 4.79 Å². The maximum Gasteiger partial charge on any atom is 0.291 e. The molecule has 29 heavy (non-hydrogen) atoms. The van der Waals surface area contributed by atoms with Crippen LogP contribution in [0.15, 0.2) is 48.9 Å². The molecule has 1 aliphatic rings. The Morgan fingerprint density at radius 2 is 2.14 bits per heavy atom. The molecule has 10 heteroatoms. The number of thiocarbonyl (C=S) groups is 1. The lowest BCUT2D eigenvalue weighted by Crippen LogP contribution is -2.48. The molecule has 0 unspecified atom stereocenters. The molecule has 3 aromatic rings. The van der Waals surface area contributed by atoms with E-state index in [2.05, 4.69) is 20.4 Å². The van der Waals surface area contributed by atoms with Crippen molar-refractivity contribution in [2.24, 2.45) is 0 Å². The minimum atomic E-state index is -0.545. The van der Waals surface area contributed by atoms with Crippen molar-refractivity contribution in [2.45, 2.75) is 12.6 Å². The first-order valence-electron chi connectivity index (χ1n) is 8.81. The molecule has 1 atom stereocenters. The smallest absolute Gasteiger partial charge is 0.291 e. The molecule has 0 radical (unpaired) electrons. The van der Waals surface area contributed by atoms with E-state index in [1.165, 1.54) is 12.5 Å². The summed E-state index contributed by atoms with van der Waals surface area (Å²) >= 11 is 11.5. The molecule has 1 N–H and O–H groups in total. The molecule has 8 nitrogen and oxygen atoms in total. The summed E-state index contributed by atoms with van der Waals surface area (Å²) in [7, 11) is 1.77. The minimum absolute atomic E-state index is 0.0642. The molecule has 148 valence electrons. The van der Waals surface area contributed by atoms with Gasteiger partial charge in [0.1, 0.15) is 24.0 Å².